The van der Waals surface area contributed by atoms with Crippen molar-refractivity contribution >= 4 is 22.7 Å². The van der Waals surface area contributed by atoms with Crippen LogP contribution in [-0.4, -0.2) is 26.6 Å². The minimum absolute atomic E-state index is 0.0653. The van der Waals surface area contributed by atoms with E-state index in [1.54, 1.807) is 6.20 Å². The van der Waals surface area contributed by atoms with Crippen LogP contribution in [0.4, 0.5) is 11.5 Å². The van der Waals surface area contributed by atoms with Crippen LogP contribution in [0, 0.1) is 0 Å². The molecule has 9 heteroatoms. The van der Waals surface area contributed by atoms with Gasteiger partial charge in [-0.25, -0.2) is 15.0 Å². The number of hydrogen-bond acceptors (Lipinski definition) is 8. The van der Waals surface area contributed by atoms with Gasteiger partial charge in [-0.15, -0.1) is 0 Å². The lowest BCUT2D eigenvalue weighted by atomic mass is 10.1. The van der Waals surface area contributed by atoms with Crippen LogP contribution in [-0.2, 0) is 6.54 Å². The predicted molar refractivity (Wildman–Crippen MR) is 147 cm³/mol. The highest BCUT2D eigenvalue weighted by Gasteiger charge is 2.22. The molecular weight excluding hydrogens is 480 g/mol. The summed E-state index contributed by atoms with van der Waals surface area (Å²) < 4.78 is 6.96. The second-order valence-electron chi connectivity index (χ2n) is 8.70. The van der Waals surface area contributed by atoms with E-state index in [0.29, 0.717) is 29.4 Å². The minimum Gasteiger partial charge on any atom is -0.491 e. The van der Waals surface area contributed by atoms with Crippen molar-refractivity contribution in [1.82, 2.24) is 19.5 Å². The first-order valence-corrected chi connectivity index (χ1v) is 11.9. The molecule has 0 saturated carbocycles. The van der Waals surface area contributed by atoms with Crippen LogP contribution in [0.1, 0.15) is 5.56 Å². The summed E-state index contributed by atoms with van der Waals surface area (Å²) in [5.41, 5.74) is 10.9. The molecule has 186 valence electrons. The van der Waals surface area contributed by atoms with Gasteiger partial charge < -0.3 is 15.8 Å². The van der Waals surface area contributed by atoms with Crippen molar-refractivity contribution < 1.29 is 4.74 Å². The lowest BCUT2D eigenvalue weighted by Gasteiger charge is -2.13. The third-order valence-corrected chi connectivity index (χ3v) is 6.39. The number of anilines is 2. The van der Waals surface area contributed by atoms with Crippen LogP contribution in [0.3, 0.4) is 0 Å². The molecule has 0 fully saturated rings. The Hall–Kier alpha value is -5.31. The van der Waals surface area contributed by atoms with Crippen LogP contribution in [0.15, 0.2) is 94.6 Å². The number of methoxy groups -OCH3 is 1. The molecule has 3 aromatic carbocycles. The van der Waals surface area contributed by atoms with Crippen molar-refractivity contribution in [2.75, 3.05) is 18.2 Å². The Morgan fingerprint density at radius 1 is 0.895 bits per heavy atom. The van der Waals surface area contributed by atoms with Gasteiger partial charge in [0, 0.05) is 24.0 Å². The molecule has 0 amide bonds. The van der Waals surface area contributed by atoms with E-state index in [1.807, 2.05) is 83.4 Å². The van der Waals surface area contributed by atoms with Crippen molar-refractivity contribution in [1.29, 1.82) is 0 Å². The summed E-state index contributed by atoms with van der Waals surface area (Å²) in [5.74, 6) is 1.06. The van der Waals surface area contributed by atoms with Crippen molar-refractivity contribution in [2.45, 2.75) is 6.54 Å². The minimum atomic E-state index is -0.609. The molecule has 6 aromatic rings. The molecule has 3 N–H and O–H groups in total. The molecule has 0 radical (unpaired) electrons. The van der Waals surface area contributed by atoms with Crippen molar-refractivity contribution in [2.24, 2.45) is 0 Å². The topological polar surface area (TPSA) is 125 Å². The lowest BCUT2D eigenvalue weighted by molar-refractivity contribution is 0.407. The zero-order valence-corrected chi connectivity index (χ0v) is 20.4. The van der Waals surface area contributed by atoms with Gasteiger partial charge in [0.25, 0.3) is 10.9 Å². The van der Waals surface area contributed by atoms with E-state index in [9.17, 15) is 9.59 Å². The van der Waals surface area contributed by atoms with Gasteiger partial charge >= 0.3 is 0 Å². The number of nitrogen functional groups attached to an aromatic ring is 1. The molecule has 0 spiro atoms. The number of pyridine rings is 2. The van der Waals surface area contributed by atoms with Gasteiger partial charge in [0.2, 0.25) is 0 Å². The highest BCUT2D eigenvalue weighted by atomic mass is 16.5. The summed E-state index contributed by atoms with van der Waals surface area (Å²) in [6.45, 7) is 0.352. The van der Waals surface area contributed by atoms with Gasteiger partial charge in [-0.3, -0.25) is 14.2 Å². The molecule has 3 heterocycles. The van der Waals surface area contributed by atoms with Gasteiger partial charge in [-0.2, -0.15) is 0 Å². The number of imidazole rings is 1. The fourth-order valence-corrected chi connectivity index (χ4v) is 4.44. The SMILES string of the molecule is COc1c(NCc2ccc(-n3c(-c4cccnc4N)nc4ccc(-c5ccccc5)nc43)cc2)c(=O)c1=O. The van der Waals surface area contributed by atoms with Gasteiger partial charge in [-0.1, -0.05) is 42.5 Å². The third kappa shape index (κ3) is 3.86. The summed E-state index contributed by atoms with van der Waals surface area (Å²) in [6, 6.07) is 25.3. The van der Waals surface area contributed by atoms with E-state index in [-0.39, 0.29) is 11.4 Å². The lowest BCUT2D eigenvalue weighted by Crippen LogP contribution is -2.35. The normalized spacial score (nSPS) is 11.2. The number of rotatable bonds is 7. The van der Waals surface area contributed by atoms with Crippen LogP contribution in [0.5, 0.6) is 5.75 Å². The average Bonchev–Trinajstić information content (AvgIpc) is 3.34. The van der Waals surface area contributed by atoms with E-state index in [4.69, 9.17) is 20.4 Å². The number of benzene rings is 2. The fourth-order valence-electron chi connectivity index (χ4n) is 4.44. The molecule has 38 heavy (non-hydrogen) atoms. The average molecular weight is 503 g/mol. The maximum atomic E-state index is 11.8. The first-order valence-electron chi connectivity index (χ1n) is 11.9. The molecular formula is C29H22N6O3. The van der Waals surface area contributed by atoms with E-state index >= 15 is 0 Å². The Morgan fingerprint density at radius 3 is 2.42 bits per heavy atom. The van der Waals surface area contributed by atoms with Crippen molar-refractivity contribution in [3.63, 3.8) is 0 Å². The maximum Gasteiger partial charge on any atom is 0.271 e. The predicted octanol–water partition coefficient (Wildman–Crippen LogP) is 3.95. The molecule has 0 aliphatic rings. The Morgan fingerprint density at radius 2 is 1.68 bits per heavy atom. The largest absolute Gasteiger partial charge is 0.491 e. The van der Waals surface area contributed by atoms with Crippen molar-refractivity contribution in [3.8, 4) is 34.1 Å². The highest BCUT2D eigenvalue weighted by molar-refractivity contribution is 5.84. The van der Waals surface area contributed by atoms with Crippen molar-refractivity contribution in [3.05, 3.63) is 111 Å². The van der Waals surface area contributed by atoms with Gasteiger partial charge in [0.1, 0.15) is 17.0 Å². The monoisotopic (exact) mass is 502 g/mol. The number of hydrogen-bond donors (Lipinski definition) is 2. The third-order valence-electron chi connectivity index (χ3n) is 6.39. The molecule has 6 rings (SSSR count). The van der Waals surface area contributed by atoms with E-state index in [0.717, 1.165) is 28.0 Å². The van der Waals surface area contributed by atoms with Crippen LogP contribution >= 0.6 is 0 Å². The second kappa shape index (κ2) is 9.29. The first-order chi connectivity index (χ1) is 18.5. The van der Waals surface area contributed by atoms with Gasteiger partial charge in [-0.05, 0) is 42.0 Å². The van der Waals surface area contributed by atoms with Crippen LogP contribution in [0.25, 0.3) is 39.5 Å². The van der Waals surface area contributed by atoms with Crippen LogP contribution in [0.2, 0.25) is 0 Å². The van der Waals surface area contributed by atoms with Gasteiger partial charge in [0.05, 0.1) is 18.4 Å². The number of aromatic nitrogens is 4. The Balaban J connectivity index is 1.42. The molecule has 0 saturated heterocycles. The molecule has 0 aliphatic heterocycles. The summed E-state index contributed by atoms with van der Waals surface area (Å²) in [7, 11) is 1.37. The quantitative estimate of drug-likeness (QED) is 0.315. The smallest absolute Gasteiger partial charge is 0.271 e. The molecule has 9 nitrogen and oxygen atoms in total. The summed E-state index contributed by atoms with van der Waals surface area (Å²) >= 11 is 0. The summed E-state index contributed by atoms with van der Waals surface area (Å²) in [6.07, 6.45) is 1.64. The standard InChI is InChI=1S/C29H22N6O3/c1-38-26-23(24(36)25(26)37)32-16-17-9-11-19(12-10-17)35-28(20-8-5-15-31-27(20)30)34-22-14-13-21(33-29(22)35)18-6-3-2-4-7-18/h2-15,32H,16H2,1H3,(H2,30,31). The number of ether oxygens (including phenoxy) is 1. The highest BCUT2D eigenvalue weighted by Crippen LogP contribution is 2.31. The van der Waals surface area contributed by atoms with E-state index in [2.05, 4.69) is 10.3 Å². The molecule has 0 unspecified atom stereocenters. The second-order valence-corrected chi connectivity index (χ2v) is 8.70. The zero-order chi connectivity index (χ0) is 26.2. The molecule has 0 atom stereocenters. The van der Waals surface area contributed by atoms with E-state index in [1.165, 1.54) is 7.11 Å². The summed E-state index contributed by atoms with van der Waals surface area (Å²) in [5, 5.41) is 3.00. The van der Waals surface area contributed by atoms with Crippen LogP contribution < -0.4 is 26.6 Å². The molecule has 3 aromatic heterocycles. The molecule has 0 bridgehead atoms. The molecule has 0 aliphatic carbocycles. The number of nitrogens with zero attached hydrogens (tertiary/aromatic N) is 4. The number of nitrogens with one attached hydrogen (secondary N) is 1. The number of fused-ring (bicyclic) bond motifs is 1. The van der Waals surface area contributed by atoms with Gasteiger partial charge in [0.15, 0.2) is 17.2 Å². The first kappa shape index (κ1) is 23.1. The summed E-state index contributed by atoms with van der Waals surface area (Å²) in [4.78, 5) is 37.5. The Kier molecular flexibility index (Phi) is 5.65. The zero-order valence-electron chi connectivity index (χ0n) is 20.4. The Labute approximate surface area is 216 Å². The Bertz CT molecular complexity index is 1850. The maximum absolute atomic E-state index is 11.8. The van der Waals surface area contributed by atoms with E-state index < -0.39 is 10.9 Å². The fraction of sp³-hybridized carbons (Fsp3) is 0.0690. The number of nitrogens with two attached hydrogens (primary N) is 1.